The van der Waals surface area contributed by atoms with Gasteiger partial charge in [-0.25, -0.2) is 0 Å². The van der Waals surface area contributed by atoms with Gasteiger partial charge in [0.05, 0.1) is 0 Å². The molecule has 0 aromatic heterocycles. The van der Waals surface area contributed by atoms with Gasteiger partial charge in [0.15, 0.2) is 0 Å². The predicted octanol–water partition coefficient (Wildman–Crippen LogP) is 16.5. The van der Waals surface area contributed by atoms with Crippen molar-refractivity contribution < 1.29 is 23.3 Å². The molecule has 0 nitrogen and oxygen atoms in total. The number of fused-ring (bicyclic) bond motifs is 2. The molecule has 6 aromatic rings. The van der Waals surface area contributed by atoms with Gasteiger partial charge in [-0.1, -0.05) is 137 Å². The molecule has 0 aliphatic heterocycles. The Hall–Kier alpha value is -2.22. The minimum Gasteiger partial charge on any atom is -0.164 e. The zero-order valence-corrected chi connectivity index (χ0v) is 39.3. The molecule has 6 aromatic carbocycles. The van der Waals surface area contributed by atoms with Gasteiger partial charge in [0, 0.05) is 0 Å². The van der Waals surface area contributed by atoms with Crippen LogP contribution in [0.2, 0.25) is 0 Å². The van der Waals surface area contributed by atoms with Crippen LogP contribution in [0, 0.1) is 14.9 Å². The Morgan fingerprint density at radius 2 is 0.893 bits per heavy atom. The van der Waals surface area contributed by atoms with E-state index in [9.17, 15) is 0 Å². The van der Waals surface area contributed by atoms with Crippen LogP contribution in [0.15, 0.2) is 109 Å². The topological polar surface area (TPSA) is 0 Å². The molecule has 0 atom stereocenters. The third-order valence-corrected chi connectivity index (χ3v) is 12.7. The molecule has 9 rings (SSSR count). The first-order valence-corrected chi connectivity index (χ1v) is 24.8. The maximum Gasteiger partial charge on any atom is -0.0162 e. The number of rotatable bonds is 6. The Morgan fingerprint density at radius 1 is 0.500 bits per heavy atom. The Bertz CT molecular complexity index is 2000. The van der Waals surface area contributed by atoms with Crippen molar-refractivity contribution in [1.29, 1.82) is 0 Å². The molecule has 56 heavy (non-hydrogen) atoms. The zero-order chi connectivity index (χ0) is 35.7. The van der Waals surface area contributed by atoms with Crippen molar-refractivity contribution in [1.82, 2.24) is 0 Å². The minimum atomic E-state index is 0. The second kappa shape index (κ2) is 24.0. The molecule has 3 aliphatic rings. The standard InChI is InChI=1S/C27H31.C23H25.2CH3.2ClH.Si.Zr/c1-3-8-20(9-4-1)22-14-16-23(17-15-22)26-13-7-12-24-18-25(19-27(24)26)21-10-5-2-6-11-21;1-2-17-15-21-9-6-10-22(23(21)16-17)20-13-11-19(12-14-20)18-7-4-3-5-8-18;;;;;;/h7,12-21H,1-6,8-11H2;6,9-16,18H,2-5,7-8H2,1H3;2*1H3;2*1H;;/q4*-1;;;;. The first kappa shape index (κ1) is 48.2. The summed E-state index contributed by atoms with van der Waals surface area (Å²) in [4.78, 5) is 0. The number of halogens is 2. The summed E-state index contributed by atoms with van der Waals surface area (Å²) in [5.41, 5.74) is 11.6. The molecule has 3 saturated carbocycles. The van der Waals surface area contributed by atoms with Gasteiger partial charge in [-0.2, -0.15) is 12.1 Å². The first-order valence-electron chi connectivity index (χ1n) is 20.6. The molecule has 0 bridgehead atoms. The van der Waals surface area contributed by atoms with Crippen molar-refractivity contribution in [3.05, 3.63) is 146 Å². The SMILES string of the molecule is CCc1cc2c(-c3ccc(C4CCCCC4)cc3)cccc2[cH-]1.Cl.Cl.[CH3-].[CH3-].[Si]=[Zr].c1cc(-c2ccc(C3CCCCC3)cc2)c2cc(C3CCCCC3)[cH-]c2c1. The molecule has 0 saturated heterocycles. The maximum absolute atomic E-state index is 3.06. The smallest absolute Gasteiger partial charge is 0.0162 e. The van der Waals surface area contributed by atoms with Gasteiger partial charge >= 0.3 is 30.2 Å². The van der Waals surface area contributed by atoms with Crippen LogP contribution in [-0.4, -0.2) is 6.88 Å². The second-order valence-corrected chi connectivity index (χ2v) is 15.9. The fraction of sp³-hybridized carbons (Fsp3) is 0.385. The number of aryl methyl sites for hydroxylation is 1. The van der Waals surface area contributed by atoms with Gasteiger partial charge in [0.1, 0.15) is 0 Å². The molecule has 3 aliphatic carbocycles. The van der Waals surface area contributed by atoms with E-state index in [4.69, 9.17) is 0 Å². The van der Waals surface area contributed by atoms with E-state index in [1.165, 1.54) is 175 Å². The van der Waals surface area contributed by atoms with Crippen LogP contribution in [0.1, 0.15) is 143 Å². The molecular weight excluding hydrogens is 815 g/mol. The van der Waals surface area contributed by atoms with Crippen molar-refractivity contribution in [3.8, 4) is 22.3 Å². The number of hydrogen-bond donors (Lipinski definition) is 0. The van der Waals surface area contributed by atoms with Gasteiger partial charge in [-0.3, -0.25) is 0 Å². The Kier molecular flexibility index (Phi) is 20.6. The fourth-order valence-electron chi connectivity index (χ4n) is 9.68. The van der Waals surface area contributed by atoms with Crippen LogP contribution in [0.5, 0.6) is 0 Å². The van der Waals surface area contributed by atoms with Gasteiger partial charge < -0.3 is 14.9 Å². The van der Waals surface area contributed by atoms with Crippen molar-refractivity contribution in [2.24, 2.45) is 0 Å². The molecule has 298 valence electrons. The van der Waals surface area contributed by atoms with E-state index in [0.717, 1.165) is 24.2 Å². The van der Waals surface area contributed by atoms with Crippen LogP contribution in [0.3, 0.4) is 0 Å². The third-order valence-electron chi connectivity index (χ3n) is 12.7. The summed E-state index contributed by atoms with van der Waals surface area (Å²) in [7, 11) is 0. The van der Waals surface area contributed by atoms with Gasteiger partial charge in [0.2, 0.25) is 0 Å². The van der Waals surface area contributed by atoms with E-state index in [2.05, 4.69) is 123 Å². The van der Waals surface area contributed by atoms with Crippen molar-refractivity contribution in [3.63, 3.8) is 0 Å². The van der Waals surface area contributed by atoms with Crippen LogP contribution in [-0.2, 0) is 29.8 Å². The normalized spacial score (nSPS) is 16.1. The van der Waals surface area contributed by atoms with Crippen LogP contribution < -0.4 is 0 Å². The molecule has 4 heteroatoms. The molecule has 2 radical (unpaired) electrons. The van der Waals surface area contributed by atoms with Crippen molar-refractivity contribution >= 4 is 53.2 Å². The molecule has 0 unspecified atom stereocenters. The Balaban J connectivity index is 0.000000272. The minimum absolute atomic E-state index is 0. The van der Waals surface area contributed by atoms with Crippen molar-refractivity contribution in [2.75, 3.05) is 0 Å². The first-order chi connectivity index (χ1) is 25.7. The quantitative estimate of drug-likeness (QED) is 0.116. The van der Waals surface area contributed by atoms with Crippen LogP contribution >= 0.6 is 24.8 Å². The molecule has 0 spiro atoms. The summed E-state index contributed by atoms with van der Waals surface area (Å²) >= 11 is 1.36. The van der Waals surface area contributed by atoms with E-state index in [0.29, 0.717) is 0 Å². The molecule has 0 amide bonds. The van der Waals surface area contributed by atoms with E-state index >= 15 is 0 Å². The van der Waals surface area contributed by atoms with E-state index < -0.39 is 0 Å². The summed E-state index contributed by atoms with van der Waals surface area (Å²) in [6.45, 7) is 5.29. The van der Waals surface area contributed by atoms with E-state index in [1.54, 1.807) is 11.1 Å². The molecule has 0 N–H and O–H groups in total. The zero-order valence-electron chi connectivity index (χ0n) is 34.3. The van der Waals surface area contributed by atoms with E-state index in [1.807, 2.05) is 0 Å². The Labute approximate surface area is 369 Å². The average molecular weight is 879 g/mol. The van der Waals surface area contributed by atoms with Gasteiger partial charge in [-0.05, 0) is 85.0 Å². The number of hydrogen-bond acceptors (Lipinski definition) is 0. The fourth-order valence-corrected chi connectivity index (χ4v) is 9.68. The third kappa shape index (κ3) is 11.5. The summed E-state index contributed by atoms with van der Waals surface area (Å²) in [5, 5.41) is 5.64. The van der Waals surface area contributed by atoms with Gasteiger partial charge in [-0.15, -0.1) is 93.9 Å². The monoisotopic (exact) mass is 876 g/mol. The van der Waals surface area contributed by atoms with Crippen LogP contribution in [0.25, 0.3) is 43.8 Å². The Morgan fingerprint density at radius 3 is 1.32 bits per heavy atom. The second-order valence-electron chi connectivity index (χ2n) is 15.9. The average Bonchev–Trinajstić information content (AvgIpc) is 3.88. The summed E-state index contributed by atoms with van der Waals surface area (Å²) in [5.74, 6) is 2.37. The summed E-state index contributed by atoms with van der Waals surface area (Å²) in [6.07, 6.45) is 22.1. The summed E-state index contributed by atoms with van der Waals surface area (Å²) < 4.78 is 0. The summed E-state index contributed by atoms with van der Waals surface area (Å²) in [6, 6.07) is 42.1. The number of benzene rings is 4. The molecule has 3 fully saturated rings. The van der Waals surface area contributed by atoms with Gasteiger partial charge in [0.25, 0.3) is 0 Å². The molecular formula is C52H64Cl2SiZr-4. The predicted molar refractivity (Wildman–Crippen MR) is 250 cm³/mol. The molecule has 0 heterocycles. The van der Waals surface area contributed by atoms with Crippen molar-refractivity contribution in [2.45, 2.75) is 127 Å². The largest absolute Gasteiger partial charge is 0.164 e. The van der Waals surface area contributed by atoms with Crippen LogP contribution in [0.4, 0.5) is 0 Å². The van der Waals surface area contributed by atoms with E-state index in [-0.39, 0.29) is 39.7 Å². The maximum atomic E-state index is 3.06.